The number of hydrazine groups is 1. The highest BCUT2D eigenvalue weighted by atomic mass is 127. The second kappa shape index (κ2) is 4.20. The van der Waals surface area contributed by atoms with Gasteiger partial charge in [-0.1, -0.05) is 0 Å². The van der Waals surface area contributed by atoms with Crippen molar-refractivity contribution in [2.75, 3.05) is 26.7 Å². The van der Waals surface area contributed by atoms with Crippen LogP contribution in [0.5, 0.6) is 0 Å². The number of rotatable bonds is 2. The molecule has 2 aliphatic rings. The van der Waals surface area contributed by atoms with Gasteiger partial charge in [0, 0.05) is 16.8 Å². The van der Waals surface area contributed by atoms with Crippen molar-refractivity contribution in [3.05, 3.63) is 9.78 Å². The third kappa shape index (κ3) is 2.83. The summed E-state index contributed by atoms with van der Waals surface area (Å²) in [5, 5.41) is 4.38. The average molecular weight is 324 g/mol. The zero-order valence-electron chi connectivity index (χ0n) is 9.36. The summed E-state index contributed by atoms with van der Waals surface area (Å²) >= 11 is 2.36. The van der Waals surface area contributed by atoms with E-state index in [0.29, 0.717) is 6.61 Å². The number of halogens is 1. The van der Waals surface area contributed by atoms with Crippen LogP contribution >= 0.6 is 22.6 Å². The number of ether oxygens (including phenoxy) is 2. The maximum absolute atomic E-state index is 5.77. The smallest absolute Gasteiger partial charge is 0.163 e. The quantitative estimate of drug-likeness (QED) is 0.720. The standard InChI is InChI=1S/C10H17IN2O2/c1-10(2)14-7-9(15-10)6-13-5-8(11)4-12(13)3/h5,9H,4,6-7H2,1-3H3. The van der Waals surface area contributed by atoms with Gasteiger partial charge in [0.15, 0.2) is 5.79 Å². The van der Waals surface area contributed by atoms with Crippen LogP contribution in [0.1, 0.15) is 13.8 Å². The van der Waals surface area contributed by atoms with Crippen LogP contribution in [-0.4, -0.2) is 48.7 Å². The summed E-state index contributed by atoms with van der Waals surface area (Å²) in [5.74, 6) is -0.417. The lowest BCUT2D eigenvalue weighted by atomic mass is 10.3. The first-order valence-electron chi connectivity index (χ1n) is 5.12. The Labute approximate surface area is 104 Å². The van der Waals surface area contributed by atoms with E-state index in [-0.39, 0.29) is 6.10 Å². The van der Waals surface area contributed by atoms with E-state index in [2.05, 4.69) is 45.9 Å². The molecule has 0 radical (unpaired) electrons. The zero-order chi connectivity index (χ0) is 11.1. The lowest BCUT2D eigenvalue weighted by Gasteiger charge is -2.27. The van der Waals surface area contributed by atoms with Gasteiger partial charge in [0.05, 0.1) is 19.7 Å². The van der Waals surface area contributed by atoms with Crippen molar-refractivity contribution in [3.8, 4) is 0 Å². The van der Waals surface area contributed by atoms with Crippen molar-refractivity contribution in [3.63, 3.8) is 0 Å². The molecule has 0 spiro atoms. The molecular formula is C10H17IN2O2. The number of likely N-dealkylation sites (N-methyl/N-ethyl adjacent to an activating group) is 1. The Morgan fingerprint density at radius 2 is 2.33 bits per heavy atom. The molecule has 1 fully saturated rings. The second-order valence-corrected chi connectivity index (χ2v) is 5.85. The average Bonchev–Trinajstić information content (AvgIpc) is 2.57. The van der Waals surface area contributed by atoms with Crippen LogP contribution in [0.4, 0.5) is 0 Å². The first kappa shape index (κ1) is 11.6. The van der Waals surface area contributed by atoms with E-state index in [1.807, 2.05) is 13.8 Å². The number of nitrogens with zero attached hydrogens (tertiary/aromatic N) is 2. The van der Waals surface area contributed by atoms with E-state index < -0.39 is 5.79 Å². The zero-order valence-corrected chi connectivity index (χ0v) is 11.5. The molecule has 0 aromatic carbocycles. The lowest BCUT2D eigenvalue weighted by Crippen LogP contribution is -2.38. The second-order valence-electron chi connectivity index (χ2n) is 4.46. The molecule has 2 aliphatic heterocycles. The first-order valence-corrected chi connectivity index (χ1v) is 6.20. The molecule has 1 unspecified atom stereocenters. The number of hydrogen-bond acceptors (Lipinski definition) is 4. The van der Waals surface area contributed by atoms with Gasteiger partial charge in [-0.25, -0.2) is 5.01 Å². The molecule has 1 atom stereocenters. The first-order chi connectivity index (χ1) is 6.96. The van der Waals surface area contributed by atoms with E-state index in [1.54, 1.807) is 0 Å². The van der Waals surface area contributed by atoms with Crippen molar-refractivity contribution in [1.82, 2.24) is 10.0 Å². The molecule has 0 aromatic rings. The van der Waals surface area contributed by atoms with Gasteiger partial charge in [-0.2, -0.15) is 0 Å². The monoisotopic (exact) mass is 324 g/mol. The minimum absolute atomic E-state index is 0.168. The van der Waals surface area contributed by atoms with Crippen LogP contribution in [0, 0.1) is 0 Å². The van der Waals surface area contributed by atoms with Gasteiger partial charge >= 0.3 is 0 Å². The van der Waals surface area contributed by atoms with Gasteiger partial charge < -0.3 is 14.5 Å². The number of hydrogen-bond donors (Lipinski definition) is 0. The highest BCUT2D eigenvalue weighted by molar-refractivity contribution is 14.1. The fraction of sp³-hybridized carbons (Fsp3) is 0.800. The highest BCUT2D eigenvalue weighted by Gasteiger charge is 2.34. The summed E-state index contributed by atoms with van der Waals surface area (Å²) in [6.45, 7) is 6.46. The Morgan fingerprint density at radius 3 is 2.80 bits per heavy atom. The topological polar surface area (TPSA) is 24.9 Å². The Morgan fingerprint density at radius 1 is 1.60 bits per heavy atom. The highest BCUT2D eigenvalue weighted by Crippen LogP contribution is 2.25. The molecular weight excluding hydrogens is 307 g/mol. The Kier molecular flexibility index (Phi) is 3.25. The van der Waals surface area contributed by atoms with Crippen molar-refractivity contribution in [1.29, 1.82) is 0 Å². The van der Waals surface area contributed by atoms with Crippen LogP contribution in [-0.2, 0) is 9.47 Å². The molecule has 4 nitrogen and oxygen atoms in total. The van der Waals surface area contributed by atoms with Crippen molar-refractivity contribution >= 4 is 22.6 Å². The maximum atomic E-state index is 5.77. The SMILES string of the molecule is CN1CC(I)=CN1CC1COC(C)(C)O1. The predicted octanol–water partition coefficient (Wildman–Crippen LogP) is 1.58. The molecule has 0 bridgehead atoms. The predicted molar refractivity (Wildman–Crippen MR) is 66.3 cm³/mol. The van der Waals surface area contributed by atoms with E-state index in [9.17, 15) is 0 Å². The molecule has 2 heterocycles. The molecule has 86 valence electrons. The molecule has 0 aromatic heterocycles. The summed E-state index contributed by atoms with van der Waals surface area (Å²) in [6.07, 6.45) is 2.33. The molecule has 0 saturated carbocycles. The Bertz CT molecular complexity index is 281. The third-order valence-corrected chi connectivity index (χ3v) is 3.19. The molecule has 1 saturated heterocycles. The fourth-order valence-corrected chi connectivity index (χ4v) is 2.68. The molecule has 2 rings (SSSR count). The van der Waals surface area contributed by atoms with Gasteiger partial charge in [0.1, 0.15) is 6.10 Å². The fourth-order valence-electron chi connectivity index (χ4n) is 1.86. The van der Waals surface area contributed by atoms with Gasteiger partial charge in [-0.3, -0.25) is 0 Å². The molecule has 0 aliphatic carbocycles. The molecule has 15 heavy (non-hydrogen) atoms. The maximum Gasteiger partial charge on any atom is 0.163 e. The molecule has 5 heteroatoms. The van der Waals surface area contributed by atoms with Crippen molar-refractivity contribution in [2.45, 2.75) is 25.7 Å². The minimum atomic E-state index is -0.417. The van der Waals surface area contributed by atoms with Gasteiger partial charge in [-0.05, 0) is 36.4 Å². The lowest BCUT2D eigenvalue weighted by molar-refractivity contribution is -0.142. The summed E-state index contributed by atoms with van der Waals surface area (Å²) in [4.78, 5) is 0. The Balaban J connectivity index is 1.88. The van der Waals surface area contributed by atoms with E-state index >= 15 is 0 Å². The largest absolute Gasteiger partial charge is 0.348 e. The summed E-state index contributed by atoms with van der Waals surface area (Å²) in [6, 6.07) is 0. The van der Waals surface area contributed by atoms with Gasteiger partial charge in [-0.15, -0.1) is 0 Å². The molecule has 0 amide bonds. The van der Waals surface area contributed by atoms with Crippen molar-refractivity contribution < 1.29 is 9.47 Å². The summed E-state index contributed by atoms with van der Waals surface area (Å²) in [5.41, 5.74) is 0. The minimum Gasteiger partial charge on any atom is -0.348 e. The van der Waals surface area contributed by atoms with Crippen LogP contribution < -0.4 is 0 Å². The van der Waals surface area contributed by atoms with Crippen LogP contribution in [0.15, 0.2) is 9.78 Å². The normalized spacial score (nSPS) is 31.1. The third-order valence-electron chi connectivity index (χ3n) is 2.57. The van der Waals surface area contributed by atoms with E-state index in [1.165, 1.54) is 3.58 Å². The summed E-state index contributed by atoms with van der Waals surface area (Å²) in [7, 11) is 2.09. The van der Waals surface area contributed by atoms with E-state index in [4.69, 9.17) is 9.47 Å². The van der Waals surface area contributed by atoms with Crippen molar-refractivity contribution in [2.24, 2.45) is 0 Å². The summed E-state index contributed by atoms with van der Waals surface area (Å²) < 4.78 is 12.7. The Hall–Kier alpha value is 0.150. The van der Waals surface area contributed by atoms with Crippen LogP contribution in [0.3, 0.4) is 0 Å². The van der Waals surface area contributed by atoms with Crippen LogP contribution in [0.2, 0.25) is 0 Å². The van der Waals surface area contributed by atoms with E-state index in [0.717, 1.165) is 13.1 Å². The van der Waals surface area contributed by atoms with Crippen LogP contribution in [0.25, 0.3) is 0 Å². The van der Waals surface area contributed by atoms with Gasteiger partial charge in [0.2, 0.25) is 0 Å². The van der Waals surface area contributed by atoms with Gasteiger partial charge in [0.25, 0.3) is 0 Å². The molecule has 0 N–H and O–H groups in total.